The quantitative estimate of drug-likeness (QED) is 0.728. The molecule has 1 saturated heterocycles. The predicted octanol–water partition coefficient (Wildman–Crippen LogP) is 2.79. The highest BCUT2D eigenvalue weighted by Crippen LogP contribution is 2.34. The number of hydrogen-bond acceptors (Lipinski definition) is 6. The van der Waals surface area contributed by atoms with Crippen molar-refractivity contribution in [3.8, 4) is 10.4 Å². The van der Waals surface area contributed by atoms with Gasteiger partial charge < -0.3 is 10.1 Å². The summed E-state index contributed by atoms with van der Waals surface area (Å²) in [6, 6.07) is 4.06. The molecular weight excluding hydrogens is 370 g/mol. The van der Waals surface area contributed by atoms with Gasteiger partial charge in [-0.1, -0.05) is 0 Å². The molecule has 1 aliphatic rings. The van der Waals surface area contributed by atoms with Gasteiger partial charge in [0.2, 0.25) is 5.91 Å². The molecule has 1 atom stereocenters. The Labute approximate surface area is 158 Å². The van der Waals surface area contributed by atoms with E-state index in [4.69, 9.17) is 4.74 Å². The molecular formula is C18H19N3O3S2. The minimum atomic E-state index is -0.201. The van der Waals surface area contributed by atoms with Crippen molar-refractivity contribution in [3.63, 3.8) is 0 Å². The van der Waals surface area contributed by atoms with Crippen molar-refractivity contribution in [2.24, 2.45) is 0 Å². The number of nitrogens with zero attached hydrogens (tertiary/aromatic N) is 2. The van der Waals surface area contributed by atoms with Crippen LogP contribution < -0.4 is 10.9 Å². The molecule has 0 radical (unpaired) electrons. The normalized spacial score (nSPS) is 17.0. The van der Waals surface area contributed by atoms with Crippen molar-refractivity contribution >= 4 is 38.8 Å². The summed E-state index contributed by atoms with van der Waals surface area (Å²) in [6.45, 7) is 3.25. The van der Waals surface area contributed by atoms with Gasteiger partial charge in [0.25, 0.3) is 5.56 Å². The zero-order valence-corrected chi connectivity index (χ0v) is 16.0. The SMILES string of the molecule is Cc1ccc(-c2csc3ncn(CC(=O)NC[C@@H]4CCCO4)c(=O)c23)s1. The number of carbonyl (C=O) groups excluding carboxylic acids is 1. The van der Waals surface area contributed by atoms with Crippen molar-refractivity contribution in [1.82, 2.24) is 14.9 Å². The van der Waals surface area contributed by atoms with E-state index < -0.39 is 0 Å². The molecule has 6 nitrogen and oxygen atoms in total. The first kappa shape index (κ1) is 17.4. The van der Waals surface area contributed by atoms with Crippen LogP contribution in [0.5, 0.6) is 0 Å². The van der Waals surface area contributed by atoms with E-state index in [0.29, 0.717) is 16.8 Å². The van der Waals surface area contributed by atoms with Crippen LogP contribution in [0.25, 0.3) is 20.7 Å². The zero-order chi connectivity index (χ0) is 18.1. The summed E-state index contributed by atoms with van der Waals surface area (Å²) >= 11 is 3.10. The smallest absolute Gasteiger partial charge is 0.263 e. The maximum atomic E-state index is 12.9. The van der Waals surface area contributed by atoms with Gasteiger partial charge in [-0.2, -0.15) is 0 Å². The lowest BCUT2D eigenvalue weighted by atomic mass is 10.2. The lowest BCUT2D eigenvalue weighted by molar-refractivity contribution is -0.122. The third kappa shape index (κ3) is 3.44. The fourth-order valence-corrected chi connectivity index (χ4v) is 4.95. The molecule has 1 N–H and O–H groups in total. The molecule has 1 aliphatic heterocycles. The Morgan fingerprint density at radius 1 is 1.46 bits per heavy atom. The van der Waals surface area contributed by atoms with Crippen LogP contribution in [0.4, 0.5) is 0 Å². The summed E-state index contributed by atoms with van der Waals surface area (Å²) in [7, 11) is 0. The maximum absolute atomic E-state index is 12.9. The maximum Gasteiger partial charge on any atom is 0.263 e. The predicted molar refractivity (Wildman–Crippen MR) is 104 cm³/mol. The topological polar surface area (TPSA) is 73.2 Å². The van der Waals surface area contributed by atoms with Gasteiger partial charge in [0.15, 0.2) is 0 Å². The molecule has 0 unspecified atom stereocenters. The number of hydrogen-bond donors (Lipinski definition) is 1. The number of carbonyl (C=O) groups is 1. The Hall–Kier alpha value is -2.03. The first-order valence-electron chi connectivity index (χ1n) is 8.53. The van der Waals surface area contributed by atoms with E-state index in [1.54, 1.807) is 11.3 Å². The van der Waals surface area contributed by atoms with Crippen molar-refractivity contribution in [1.29, 1.82) is 0 Å². The minimum absolute atomic E-state index is 0.0345. The second-order valence-corrected chi connectivity index (χ2v) is 8.50. The van der Waals surface area contributed by atoms with Crippen LogP contribution in [0.2, 0.25) is 0 Å². The monoisotopic (exact) mass is 389 g/mol. The van der Waals surface area contributed by atoms with Gasteiger partial charge in [0.05, 0.1) is 17.8 Å². The van der Waals surface area contributed by atoms with Gasteiger partial charge in [-0.15, -0.1) is 22.7 Å². The molecule has 0 aromatic carbocycles. The molecule has 26 heavy (non-hydrogen) atoms. The van der Waals surface area contributed by atoms with Gasteiger partial charge >= 0.3 is 0 Å². The Bertz CT molecular complexity index is 999. The fourth-order valence-electron chi connectivity index (χ4n) is 3.08. The summed E-state index contributed by atoms with van der Waals surface area (Å²) in [5.74, 6) is -0.201. The van der Waals surface area contributed by atoms with Gasteiger partial charge in [0.1, 0.15) is 11.4 Å². The average molecular weight is 390 g/mol. The Kier molecular flexibility index (Phi) is 4.88. The molecule has 0 bridgehead atoms. The van der Waals surface area contributed by atoms with Crippen LogP contribution in [-0.4, -0.2) is 34.7 Å². The molecule has 3 aromatic heterocycles. The standard InChI is InChI=1S/C18H19N3O3S2/c1-11-4-5-14(26-11)13-9-25-17-16(13)18(23)21(10-20-17)8-15(22)19-7-12-3-2-6-24-12/h4-5,9-10,12H,2-3,6-8H2,1H3,(H,19,22)/t12-/m0/s1. The van der Waals surface area contributed by atoms with Crippen LogP contribution in [0.1, 0.15) is 17.7 Å². The van der Waals surface area contributed by atoms with Crippen LogP contribution in [0.3, 0.4) is 0 Å². The van der Waals surface area contributed by atoms with Crippen molar-refractivity contribution < 1.29 is 9.53 Å². The Balaban J connectivity index is 1.57. The fraction of sp³-hybridized carbons (Fsp3) is 0.389. The van der Waals surface area contributed by atoms with Crippen LogP contribution >= 0.6 is 22.7 Å². The molecule has 4 rings (SSSR count). The van der Waals surface area contributed by atoms with E-state index in [2.05, 4.69) is 10.3 Å². The first-order chi connectivity index (χ1) is 12.6. The summed E-state index contributed by atoms with van der Waals surface area (Å²) in [6.07, 6.45) is 3.54. The number of thiophene rings is 2. The van der Waals surface area contributed by atoms with Gasteiger partial charge in [-0.25, -0.2) is 4.98 Å². The number of aromatic nitrogens is 2. The second kappa shape index (κ2) is 7.30. The number of aryl methyl sites for hydroxylation is 1. The number of rotatable bonds is 5. The van der Waals surface area contributed by atoms with E-state index in [0.717, 1.165) is 29.9 Å². The highest BCUT2D eigenvalue weighted by atomic mass is 32.1. The summed E-state index contributed by atoms with van der Waals surface area (Å²) < 4.78 is 6.88. The highest BCUT2D eigenvalue weighted by Gasteiger charge is 2.18. The third-order valence-electron chi connectivity index (χ3n) is 4.43. The molecule has 0 spiro atoms. The Morgan fingerprint density at radius 3 is 3.08 bits per heavy atom. The highest BCUT2D eigenvalue weighted by molar-refractivity contribution is 7.19. The summed E-state index contributed by atoms with van der Waals surface area (Å²) in [5, 5.41) is 5.40. The van der Waals surface area contributed by atoms with Crippen LogP contribution in [0.15, 0.2) is 28.6 Å². The number of fused-ring (bicyclic) bond motifs is 1. The van der Waals surface area contributed by atoms with E-state index in [9.17, 15) is 9.59 Å². The van der Waals surface area contributed by atoms with Gasteiger partial charge in [-0.3, -0.25) is 14.2 Å². The van der Waals surface area contributed by atoms with E-state index in [1.807, 2.05) is 24.4 Å². The van der Waals surface area contributed by atoms with Gasteiger partial charge in [0, 0.05) is 33.8 Å². The molecule has 0 saturated carbocycles. The van der Waals surface area contributed by atoms with E-state index in [-0.39, 0.29) is 24.1 Å². The molecule has 1 amide bonds. The van der Waals surface area contributed by atoms with Crippen LogP contribution in [0, 0.1) is 6.92 Å². The second-order valence-electron chi connectivity index (χ2n) is 6.36. The van der Waals surface area contributed by atoms with E-state index in [1.165, 1.54) is 27.1 Å². The molecule has 0 aliphatic carbocycles. The molecule has 4 heterocycles. The Morgan fingerprint density at radius 2 is 2.35 bits per heavy atom. The van der Waals surface area contributed by atoms with Crippen molar-refractivity contribution in [2.45, 2.75) is 32.4 Å². The lowest BCUT2D eigenvalue weighted by Crippen LogP contribution is -2.36. The molecule has 3 aromatic rings. The molecule has 136 valence electrons. The average Bonchev–Trinajstić information content (AvgIpc) is 3.35. The van der Waals surface area contributed by atoms with E-state index >= 15 is 0 Å². The van der Waals surface area contributed by atoms with Crippen molar-refractivity contribution in [3.05, 3.63) is 39.1 Å². The largest absolute Gasteiger partial charge is 0.376 e. The first-order valence-corrected chi connectivity index (χ1v) is 10.2. The summed E-state index contributed by atoms with van der Waals surface area (Å²) in [5.41, 5.74) is 0.722. The van der Waals surface area contributed by atoms with Crippen LogP contribution in [-0.2, 0) is 16.1 Å². The number of ether oxygens (including phenoxy) is 1. The summed E-state index contributed by atoms with van der Waals surface area (Å²) in [4.78, 5) is 32.4. The number of amides is 1. The number of nitrogens with one attached hydrogen (secondary N) is 1. The molecule has 8 heteroatoms. The third-order valence-corrected chi connectivity index (χ3v) is 6.35. The molecule has 1 fully saturated rings. The zero-order valence-electron chi connectivity index (χ0n) is 14.4. The minimum Gasteiger partial charge on any atom is -0.376 e. The van der Waals surface area contributed by atoms with Gasteiger partial charge in [-0.05, 0) is 31.9 Å². The van der Waals surface area contributed by atoms with Crippen molar-refractivity contribution in [2.75, 3.05) is 13.2 Å². The lowest BCUT2D eigenvalue weighted by Gasteiger charge is -2.11.